The molecule has 0 saturated heterocycles. The van der Waals surface area contributed by atoms with Crippen molar-refractivity contribution < 1.29 is 18.3 Å². The fourth-order valence-corrected chi connectivity index (χ4v) is 5.29. The van der Waals surface area contributed by atoms with Gasteiger partial charge in [0.1, 0.15) is 4.21 Å². The smallest absolute Gasteiger partial charge is 0.305 e. The van der Waals surface area contributed by atoms with E-state index < -0.39 is 21.5 Å². The van der Waals surface area contributed by atoms with Crippen molar-refractivity contribution in [3.05, 3.63) is 17.0 Å². The normalized spacial score (nSPS) is 18.6. The molecule has 1 aliphatic carbocycles. The Morgan fingerprint density at radius 3 is 2.53 bits per heavy atom. The van der Waals surface area contributed by atoms with E-state index in [2.05, 4.69) is 4.72 Å². The lowest BCUT2D eigenvalue weighted by Crippen LogP contribution is -2.47. The first kappa shape index (κ1) is 14.5. The van der Waals surface area contributed by atoms with E-state index in [0.717, 1.165) is 17.7 Å². The van der Waals surface area contributed by atoms with Gasteiger partial charge in [-0.1, -0.05) is 12.8 Å². The van der Waals surface area contributed by atoms with Gasteiger partial charge in [-0.05, 0) is 31.9 Å². The third-order valence-electron chi connectivity index (χ3n) is 3.38. The van der Waals surface area contributed by atoms with Gasteiger partial charge in [-0.2, -0.15) is 0 Å². The first-order valence-corrected chi connectivity index (χ1v) is 8.45. The summed E-state index contributed by atoms with van der Waals surface area (Å²) in [5, 5.41) is 8.98. The van der Waals surface area contributed by atoms with Crippen LogP contribution in [0.15, 0.2) is 16.3 Å². The van der Waals surface area contributed by atoms with Crippen molar-refractivity contribution in [2.24, 2.45) is 0 Å². The molecular formula is C12H17NO4S2. The van der Waals surface area contributed by atoms with Crippen LogP contribution in [-0.2, 0) is 14.8 Å². The number of aryl methyl sites for hydroxylation is 1. The van der Waals surface area contributed by atoms with E-state index in [0.29, 0.717) is 12.8 Å². The van der Waals surface area contributed by atoms with Crippen LogP contribution in [0.2, 0.25) is 0 Å². The van der Waals surface area contributed by atoms with Gasteiger partial charge < -0.3 is 5.11 Å². The van der Waals surface area contributed by atoms with Crippen molar-refractivity contribution in [2.45, 2.75) is 48.8 Å². The number of carboxylic acids is 1. The van der Waals surface area contributed by atoms with Gasteiger partial charge in [0.05, 0.1) is 6.42 Å². The molecule has 5 nitrogen and oxygen atoms in total. The Labute approximate surface area is 116 Å². The molecule has 1 aliphatic rings. The highest BCUT2D eigenvalue weighted by Crippen LogP contribution is 2.34. The van der Waals surface area contributed by atoms with E-state index in [4.69, 9.17) is 5.11 Å². The number of sulfonamides is 1. The molecule has 2 rings (SSSR count). The molecule has 1 fully saturated rings. The average molecular weight is 303 g/mol. The summed E-state index contributed by atoms with van der Waals surface area (Å²) >= 11 is 1.20. The number of hydrogen-bond donors (Lipinski definition) is 2. The minimum atomic E-state index is -3.62. The number of carbonyl (C=O) groups is 1. The van der Waals surface area contributed by atoms with Crippen LogP contribution in [-0.4, -0.2) is 25.0 Å². The zero-order valence-electron chi connectivity index (χ0n) is 10.7. The lowest BCUT2D eigenvalue weighted by Gasteiger charge is -2.27. The van der Waals surface area contributed by atoms with Crippen molar-refractivity contribution in [3.63, 3.8) is 0 Å². The summed E-state index contributed by atoms with van der Waals surface area (Å²) in [5.74, 6) is -0.966. The van der Waals surface area contributed by atoms with Gasteiger partial charge in [-0.25, -0.2) is 13.1 Å². The van der Waals surface area contributed by atoms with Crippen LogP contribution in [0.4, 0.5) is 0 Å². The fourth-order valence-electron chi connectivity index (χ4n) is 2.55. The molecule has 0 amide bonds. The number of thiophene rings is 1. The van der Waals surface area contributed by atoms with Gasteiger partial charge in [0.25, 0.3) is 10.0 Å². The summed E-state index contributed by atoms with van der Waals surface area (Å²) in [5.41, 5.74) is -0.817. The van der Waals surface area contributed by atoms with Crippen LogP contribution in [0.1, 0.15) is 37.0 Å². The standard InChI is InChI=1S/C12H17NO4S2/c1-9-4-5-11(18-9)19(16,17)13-12(8-10(14)15)6-2-3-7-12/h4-5,13H,2-3,6-8H2,1H3,(H,14,15). The number of hydrogen-bond acceptors (Lipinski definition) is 4. The molecule has 0 aromatic carbocycles. The second-order valence-electron chi connectivity index (χ2n) is 5.03. The number of rotatable bonds is 5. The molecule has 106 valence electrons. The Hall–Kier alpha value is -0.920. The molecule has 0 unspecified atom stereocenters. The summed E-state index contributed by atoms with van der Waals surface area (Å²) in [7, 11) is -3.62. The van der Waals surface area contributed by atoms with E-state index >= 15 is 0 Å². The highest BCUT2D eigenvalue weighted by molar-refractivity contribution is 7.91. The van der Waals surface area contributed by atoms with Crippen molar-refractivity contribution in [3.8, 4) is 0 Å². The Morgan fingerprint density at radius 2 is 2.05 bits per heavy atom. The average Bonchev–Trinajstić information content (AvgIpc) is 2.86. The Morgan fingerprint density at radius 1 is 1.42 bits per heavy atom. The summed E-state index contributed by atoms with van der Waals surface area (Å²) in [6.07, 6.45) is 2.74. The van der Waals surface area contributed by atoms with Crippen molar-refractivity contribution in [1.82, 2.24) is 4.72 Å². The zero-order valence-corrected chi connectivity index (χ0v) is 12.3. The number of aliphatic carboxylic acids is 1. The third kappa shape index (κ3) is 3.34. The summed E-state index contributed by atoms with van der Waals surface area (Å²) < 4.78 is 27.5. The predicted molar refractivity (Wildman–Crippen MR) is 72.8 cm³/mol. The Kier molecular flexibility index (Phi) is 3.98. The molecule has 0 atom stereocenters. The Balaban J connectivity index is 2.24. The molecule has 0 aliphatic heterocycles. The lowest BCUT2D eigenvalue weighted by molar-refractivity contribution is -0.138. The molecule has 0 radical (unpaired) electrons. The zero-order chi connectivity index (χ0) is 14.1. The Bertz CT molecular complexity index is 570. The van der Waals surface area contributed by atoms with Gasteiger partial charge in [-0.15, -0.1) is 11.3 Å². The topological polar surface area (TPSA) is 83.5 Å². The minimum absolute atomic E-state index is 0.156. The van der Waals surface area contributed by atoms with Crippen LogP contribution in [0.25, 0.3) is 0 Å². The second-order valence-corrected chi connectivity index (χ2v) is 8.23. The molecule has 0 spiro atoms. The minimum Gasteiger partial charge on any atom is -0.481 e. The van der Waals surface area contributed by atoms with Gasteiger partial charge in [0.15, 0.2) is 0 Å². The van der Waals surface area contributed by atoms with E-state index in [1.807, 2.05) is 6.92 Å². The molecule has 0 bridgehead atoms. The maximum absolute atomic E-state index is 12.3. The van der Waals surface area contributed by atoms with Crippen molar-refractivity contribution >= 4 is 27.3 Å². The van der Waals surface area contributed by atoms with Crippen molar-refractivity contribution in [1.29, 1.82) is 0 Å². The van der Waals surface area contributed by atoms with Crippen LogP contribution in [0.5, 0.6) is 0 Å². The van der Waals surface area contributed by atoms with Crippen molar-refractivity contribution in [2.75, 3.05) is 0 Å². The molecule has 1 saturated carbocycles. The van der Waals surface area contributed by atoms with Gasteiger partial charge >= 0.3 is 5.97 Å². The molecule has 1 heterocycles. The maximum Gasteiger partial charge on any atom is 0.305 e. The largest absolute Gasteiger partial charge is 0.481 e. The highest BCUT2D eigenvalue weighted by Gasteiger charge is 2.40. The van der Waals surface area contributed by atoms with Crippen LogP contribution >= 0.6 is 11.3 Å². The highest BCUT2D eigenvalue weighted by atomic mass is 32.2. The summed E-state index contributed by atoms with van der Waals surface area (Å²) in [6, 6.07) is 3.31. The molecule has 1 aromatic rings. The third-order valence-corrected chi connectivity index (χ3v) is 6.45. The maximum atomic E-state index is 12.3. The van der Waals surface area contributed by atoms with E-state index in [1.54, 1.807) is 12.1 Å². The monoisotopic (exact) mass is 303 g/mol. The first-order valence-electron chi connectivity index (χ1n) is 6.15. The second kappa shape index (κ2) is 5.22. The van der Waals surface area contributed by atoms with E-state index in [1.165, 1.54) is 11.3 Å². The molecule has 1 aromatic heterocycles. The summed E-state index contributed by atoms with van der Waals surface area (Å²) in [4.78, 5) is 11.9. The van der Waals surface area contributed by atoms with Gasteiger partial charge in [0.2, 0.25) is 0 Å². The predicted octanol–water partition coefficient (Wildman–Crippen LogP) is 2.12. The van der Waals surface area contributed by atoms with E-state index in [-0.39, 0.29) is 10.6 Å². The summed E-state index contributed by atoms with van der Waals surface area (Å²) in [6.45, 7) is 1.84. The van der Waals surface area contributed by atoms with E-state index in [9.17, 15) is 13.2 Å². The quantitative estimate of drug-likeness (QED) is 0.872. The fraction of sp³-hybridized carbons (Fsp3) is 0.583. The number of nitrogens with one attached hydrogen (secondary N) is 1. The van der Waals surface area contributed by atoms with Gasteiger partial charge in [0, 0.05) is 10.4 Å². The van der Waals surface area contributed by atoms with Crippen LogP contribution < -0.4 is 4.72 Å². The number of carboxylic acid groups (broad SMARTS) is 1. The molecule has 2 N–H and O–H groups in total. The van der Waals surface area contributed by atoms with Crippen LogP contribution in [0.3, 0.4) is 0 Å². The van der Waals surface area contributed by atoms with Gasteiger partial charge in [-0.3, -0.25) is 4.79 Å². The molecule has 19 heavy (non-hydrogen) atoms. The first-order chi connectivity index (χ1) is 8.83. The SMILES string of the molecule is Cc1ccc(S(=O)(=O)NC2(CC(=O)O)CCCC2)s1. The lowest BCUT2D eigenvalue weighted by atomic mass is 9.95. The molecule has 7 heteroatoms. The van der Waals surface area contributed by atoms with Crippen LogP contribution in [0, 0.1) is 6.92 Å². The molecular weight excluding hydrogens is 286 g/mol.